The number of hydrogen-bond donors (Lipinski definition) is 0. The van der Waals surface area contributed by atoms with E-state index in [0.29, 0.717) is 0 Å². The summed E-state index contributed by atoms with van der Waals surface area (Å²) in [5.74, 6) is 0. The van der Waals surface area contributed by atoms with Crippen LogP contribution in [0.1, 0.15) is 0 Å². The van der Waals surface area contributed by atoms with Crippen LogP contribution >= 0.6 is 0 Å². The average Bonchev–Trinajstić information content (AvgIpc) is 2.09. The zero-order chi connectivity index (χ0) is 8.81. The molecule has 0 radical (unpaired) electrons. The highest BCUT2D eigenvalue weighted by molar-refractivity contribution is 6.13. The molecule has 2 nitrogen and oxygen atoms in total. The van der Waals surface area contributed by atoms with E-state index in [1.54, 1.807) is 12.3 Å². The van der Waals surface area contributed by atoms with Crippen molar-refractivity contribution in [3.8, 4) is 0 Å². The zero-order valence-electron chi connectivity index (χ0n) is 6.77. The molecule has 0 saturated heterocycles. The number of rotatable bonds is 2. The summed E-state index contributed by atoms with van der Waals surface area (Å²) in [6.07, 6.45) is 10.4. The molecule has 0 spiro atoms. The topological polar surface area (TPSA) is 24.7 Å². The van der Waals surface area contributed by atoms with Crippen molar-refractivity contribution in [2.24, 2.45) is 9.98 Å². The van der Waals surface area contributed by atoms with Crippen LogP contribution in [0.5, 0.6) is 0 Å². The molecular weight excluding hydrogens is 148 g/mol. The van der Waals surface area contributed by atoms with Crippen LogP contribution in [-0.2, 0) is 0 Å². The minimum absolute atomic E-state index is 0.812. The highest BCUT2D eigenvalue weighted by atomic mass is 14.8. The Morgan fingerprint density at radius 2 is 2.25 bits per heavy atom. The van der Waals surface area contributed by atoms with E-state index in [2.05, 4.69) is 23.1 Å². The van der Waals surface area contributed by atoms with Crippen molar-refractivity contribution in [3.05, 3.63) is 49.4 Å². The van der Waals surface area contributed by atoms with E-state index in [1.165, 1.54) is 6.20 Å². The van der Waals surface area contributed by atoms with Crippen molar-refractivity contribution in [2.45, 2.75) is 0 Å². The molecule has 1 heterocycles. The fourth-order valence-corrected chi connectivity index (χ4v) is 0.857. The van der Waals surface area contributed by atoms with Crippen molar-refractivity contribution in [1.82, 2.24) is 0 Å². The molecule has 1 aliphatic rings. The van der Waals surface area contributed by atoms with Crippen LogP contribution in [-0.4, -0.2) is 11.9 Å². The van der Waals surface area contributed by atoms with E-state index in [9.17, 15) is 0 Å². The standard InChI is InChI=1S/C10H10N2/c1-3-6-9-10(11-4-2)7-5-8-12-9/h3-8H,1-2H2/b9-6+,11-10?. The molecule has 2 heteroatoms. The smallest absolute Gasteiger partial charge is 0.0886 e. The second-order valence-electron chi connectivity index (χ2n) is 2.12. The van der Waals surface area contributed by atoms with Gasteiger partial charge in [0.1, 0.15) is 0 Å². The Balaban J connectivity index is 3.00. The van der Waals surface area contributed by atoms with E-state index in [0.717, 1.165) is 11.4 Å². The molecule has 12 heavy (non-hydrogen) atoms. The van der Waals surface area contributed by atoms with E-state index >= 15 is 0 Å². The Kier molecular flexibility index (Phi) is 2.96. The summed E-state index contributed by atoms with van der Waals surface area (Å²) < 4.78 is 0. The highest BCUT2D eigenvalue weighted by Crippen LogP contribution is 2.06. The van der Waals surface area contributed by atoms with Crippen LogP contribution < -0.4 is 0 Å². The van der Waals surface area contributed by atoms with Gasteiger partial charge in [0.25, 0.3) is 0 Å². The maximum Gasteiger partial charge on any atom is 0.0886 e. The van der Waals surface area contributed by atoms with Crippen molar-refractivity contribution in [1.29, 1.82) is 0 Å². The Morgan fingerprint density at radius 3 is 2.92 bits per heavy atom. The minimum Gasteiger partial charge on any atom is -0.255 e. The summed E-state index contributed by atoms with van der Waals surface area (Å²) in [6, 6.07) is 0. The third-order valence-corrected chi connectivity index (χ3v) is 1.32. The lowest BCUT2D eigenvalue weighted by Gasteiger charge is -2.02. The molecule has 0 atom stereocenters. The Bertz CT molecular complexity index is 272. The van der Waals surface area contributed by atoms with Gasteiger partial charge in [-0.2, -0.15) is 0 Å². The molecule has 0 aromatic carbocycles. The van der Waals surface area contributed by atoms with Gasteiger partial charge in [0.05, 0.1) is 11.4 Å². The van der Waals surface area contributed by atoms with Gasteiger partial charge in [-0.1, -0.05) is 19.2 Å². The van der Waals surface area contributed by atoms with Crippen LogP contribution in [0.15, 0.2) is 59.3 Å². The fourth-order valence-electron chi connectivity index (χ4n) is 0.857. The average molecular weight is 158 g/mol. The fraction of sp³-hybridized carbons (Fsp3) is 0. The summed E-state index contributed by atoms with van der Waals surface area (Å²) in [6.45, 7) is 7.12. The molecule has 0 aliphatic carbocycles. The van der Waals surface area contributed by atoms with Gasteiger partial charge in [0, 0.05) is 12.4 Å². The lowest BCUT2D eigenvalue weighted by atomic mass is 10.2. The number of aliphatic imine (C=N–C) groups is 2. The Hall–Kier alpha value is -1.70. The van der Waals surface area contributed by atoms with Crippen molar-refractivity contribution in [3.63, 3.8) is 0 Å². The molecule has 0 fully saturated rings. The van der Waals surface area contributed by atoms with Crippen LogP contribution in [0.2, 0.25) is 0 Å². The predicted molar refractivity (Wildman–Crippen MR) is 53.5 cm³/mol. The maximum absolute atomic E-state index is 4.12. The van der Waals surface area contributed by atoms with E-state index < -0.39 is 0 Å². The maximum atomic E-state index is 4.12. The lowest BCUT2D eigenvalue weighted by Crippen LogP contribution is -2.00. The normalized spacial score (nSPS) is 21.7. The molecule has 1 rings (SSSR count). The van der Waals surface area contributed by atoms with Crippen LogP contribution in [0, 0.1) is 0 Å². The lowest BCUT2D eigenvalue weighted by molar-refractivity contribution is 1.43. The molecular formula is C10H10N2. The molecule has 0 saturated carbocycles. The minimum atomic E-state index is 0.812. The Labute approximate surface area is 72.1 Å². The van der Waals surface area contributed by atoms with Gasteiger partial charge in [-0.25, -0.2) is 0 Å². The quantitative estimate of drug-likeness (QED) is 0.589. The van der Waals surface area contributed by atoms with E-state index in [-0.39, 0.29) is 0 Å². The van der Waals surface area contributed by atoms with Gasteiger partial charge in [-0.05, 0) is 18.2 Å². The number of allylic oxidation sites excluding steroid dienone is 4. The first-order chi connectivity index (χ1) is 5.88. The molecule has 0 unspecified atom stereocenters. The van der Waals surface area contributed by atoms with Gasteiger partial charge >= 0.3 is 0 Å². The van der Waals surface area contributed by atoms with Crippen LogP contribution in [0.25, 0.3) is 0 Å². The first-order valence-corrected chi connectivity index (χ1v) is 3.61. The van der Waals surface area contributed by atoms with Gasteiger partial charge in [0.15, 0.2) is 0 Å². The summed E-state index contributed by atoms with van der Waals surface area (Å²) in [7, 11) is 0. The predicted octanol–water partition coefficient (Wildman–Crippen LogP) is 2.28. The SMILES string of the molecule is C=C/C=C1/N=CC=CC1=NC=C. The molecule has 0 aromatic rings. The molecule has 0 aromatic heterocycles. The Morgan fingerprint density at radius 1 is 1.42 bits per heavy atom. The summed E-state index contributed by atoms with van der Waals surface area (Å²) in [5.41, 5.74) is 1.62. The molecule has 0 bridgehead atoms. The second kappa shape index (κ2) is 4.23. The third kappa shape index (κ3) is 1.89. The van der Waals surface area contributed by atoms with Gasteiger partial charge in [-0.3, -0.25) is 9.98 Å². The molecule has 60 valence electrons. The monoisotopic (exact) mass is 158 g/mol. The van der Waals surface area contributed by atoms with E-state index in [1.807, 2.05) is 18.2 Å². The first kappa shape index (κ1) is 8.40. The van der Waals surface area contributed by atoms with E-state index in [4.69, 9.17) is 0 Å². The first-order valence-electron chi connectivity index (χ1n) is 3.61. The van der Waals surface area contributed by atoms with Crippen LogP contribution in [0.4, 0.5) is 0 Å². The zero-order valence-corrected chi connectivity index (χ0v) is 6.77. The third-order valence-electron chi connectivity index (χ3n) is 1.32. The van der Waals surface area contributed by atoms with Crippen molar-refractivity contribution in [2.75, 3.05) is 0 Å². The van der Waals surface area contributed by atoms with Gasteiger partial charge in [0.2, 0.25) is 0 Å². The highest BCUT2D eigenvalue weighted by Gasteiger charge is 2.01. The van der Waals surface area contributed by atoms with Crippen molar-refractivity contribution < 1.29 is 0 Å². The number of hydrogen-bond acceptors (Lipinski definition) is 2. The number of dihydropyridines is 1. The van der Waals surface area contributed by atoms with Crippen LogP contribution in [0.3, 0.4) is 0 Å². The largest absolute Gasteiger partial charge is 0.255 e. The van der Waals surface area contributed by atoms with Gasteiger partial charge in [-0.15, -0.1) is 0 Å². The van der Waals surface area contributed by atoms with Gasteiger partial charge < -0.3 is 0 Å². The number of nitrogens with zero attached hydrogens (tertiary/aromatic N) is 2. The molecule has 0 amide bonds. The van der Waals surface area contributed by atoms with Crippen molar-refractivity contribution >= 4 is 11.9 Å². The summed E-state index contributed by atoms with van der Waals surface area (Å²) >= 11 is 0. The molecule has 1 aliphatic heterocycles. The molecule has 0 N–H and O–H groups in total. The summed E-state index contributed by atoms with van der Waals surface area (Å²) in [5, 5.41) is 0. The summed E-state index contributed by atoms with van der Waals surface area (Å²) in [4.78, 5) is 8.17. The second-order valence-corrected chi connectivity index (χ2v) is 2.12.